The maximum Gasteiger partial charge on any atom is 0.305 e. The molecule has 1 heterocycles. The standard InChI is InChI=1S/C19H22N2O4/c1-3-21(10-9-18(22)23)19(24)16-6-4-5-15(11-16)13-25-17-8-7-14(2)20-12-17/h4-8,11-12H,3,9-10,13H2,1-2H3,(H,22,23). The van der Waals surface area contributed by atoms with Crippen LogP contribution in [-0.2, 0) is 11.4 Å². The third-order valence-electron chi connectivity index (χ3n) is 3.73. The Balaban J connectivity index is 2.02. The van der Waals surface area contributed by atoms with E-state index in [9.17, 15) is 9.59 Å². The number of carbonyl (C=O) groups is 2. The van der Waals surface area contributed by atoms with Gasteiger partial charge in [-0.15, -0.1) is 0 Å². The van der Waals surface area contributed by atoms with Crippen molar-refractivity contribution in [3.8, 4) is 5.75 Å². The zero-order valence-electron chi connectivity index (χ0n) is 14.4. The van der Waals surface area contributed by atoms with Crippen LogP contribution in [0.2, 0.25) is 0 Å². The van der Waals surface area contributed by atoms with Crippen molar-refractivity contribution < 1.29 is 19.4 Å². The lowest BCUT2D eigenvalue weighted by molar-refractivity contribution is -0.137. The van der Waals surface area contributed by atoms with Crippen LogP contribution in [0, 0.1) is 6.92 Å². The number of aliphatic carboxylic acids is 1. The van der Waals surface area contributed by atoms with Crippen molar-refractivity contribution >= 4 is 11.9 Å². The highest BCUT2D eigenvalue weighted by Gasteiger charge is 2.15. The summed E-state index contributed by atoms with van der Waals surface area (Å²) < 4.78 is 5.68. The van der Waals surface area contributed by atoms with Crippen molar-refractivity contribution in [2.75, 3.05) is 13.1 Å². The molecule has 2 aromatic rings. The molecule has 6 nitrogen and oxygen atoms in total. The van der Waals surface area contributed by atoms with Crippen LogP contribution >= 0.6 is 0 Å². The predicted octanol–water partition coefficient (Wildman–Crippen LogP) is 2.91. The van der Waals surface area contributed by atoms with Crippen molar-refractivity contribution in [3.63, 3.8) is 0 Å². The maximum absolute atomic E-state index is 12.5. The average Bonchev–Trinajstić information content (AvgIpc) is 2.61. The summed E-state index contributed by atoms with van der Waals surface area (Å²) in [7, 11) is 0. The van der Waals surface area contributed by atoms with Gasteiger partial charge in [-0.05, 0) is 43.7 Å². The van der Waals surface area contributed by atoms with Crippen molar-refractivity contribution in [2.24, 2.45) is 0 Å². The lowest BCUT2D eigenvalue weighted by atomic mass is 10.1. The molecule has 0 aliphatic rings. The fourth-order valence-corrected chi connectivity index (χ4v) is 2.32. The van der Waals surface area contributed by atoms with Crippen LogP contribution in [0.1, 0.15) is 35.0 Å². The average molecular weight is 342 g/mol. The van der Waals surface area contributed by atoms with Gasteiger partial charge in [0.15, 0.2) is 0 Å². The molecule has 0 unspecified atom stereocenters. The van der Waals surface area contributed by atoms with Crippen LogP contribution < -0.4 is 4.74 Å². The fourth-order valence-electron chi connectivity index (χ4n) is 2.32. The Morgan fingerprint density at radius 1 is 1.24 bits per heavy atom. The molecule has 1 aromatic carbocycles. The van der Waals surface area contributed by atoms with Gasteiger partial charge in [0.2, 0.25) is 0 Å². The number of carboxylic acid groups (broad SMARTS) is 1. The van der Waals surface area contributed by atoms with Gasteiger partial charge in [0, 0.05) is 24.3 Å². The van der Waals surface area contributed by atoms with Crippen LogP contribution in [0.15, 0.2) is 42.6 Å². The van der Waals surface area contributed by atoms with E-state index in [2.05, 4.69) is 4.98 Å². The molecule has 1 aromatic heterocycles. The Bertz CT molecular complexity index is 728. The van der Waals surface area contributed by atoms with Crippen molar-refractivity contribution in [2.45, 2.75) is 26.9 Å². The number of amides is 1. The van der Waals surface area contributed by atoms with Crippen LogP contribution in [0.3, 0.4) is 0 Å². The predicted molar refractivity (Wildman–Crippen MR) is 93.6 cm³/mol. The third kappa shape index (κ3) is 5.60. The second-order valence-electron chi connectivity index (χ2n) is 5.65. The summed E-state index contributed by atoms with van der Waals surface area (Å²) in [5.41, 5.74) is 2.30. The van der Waals surface area contributed by atoms with E-state index in [1.807, 2.05) is 32.0 Å². The summed E-state index contributed by atoms with van der Waals surface area (Å²) in [5, 5.41) is 8.79. The van der Waals surface area contributed by atoms with Crippen molar-refractivity contribution in [1.29, 1.82) is 0 Å². The van der Waals surface area contributed by atoms with Gasteiger partial charge in [0.1, 0.15) is 12.4 Å². The number of pyridine rings is 1. The number of aromatic nitrogens is 1. The Hall–Kier alpha value is -2.89. The number of carbonyl (C=O) groups excluding carboxylic acids is 1. The van der Waals surface area contributed by atoms with Gasteiger partial charge in [-0.25, -0.2) is 0 Å². The first-order chi connectivity index (χ1) is 12.0. The smallest absolute Gasteiger partial charge is 0.305 e. The van der Waals surface area contributed by atoms with Gasteiger partial charge in [0.25, 0.3) is 5.91 Å². The molecule has 0 saturated heterocycles. The summed E-state index contributed by atoms with van der Waals surface area (Å²) >= 11 is 0. The molecular formula is C19H22N2O4. The summed E-state index contributed by atoms with van der Waals surface area (Å²) in [4.78, 5) is 28.9. The zero-order valence-corrected chi connectivity index (χ0v) is 14.4. The molecule has 6 heteroatoms. The highest BCUT2D eigenvalue weighted by Crippen LogP contribution is 2.14. The summed E-state index contributed by atoms with van der Waals surface area (Å²) in [6.45, 7) is 4.72. The largest absolute Gasteiger partial charge is 0.487 e. The fraction of sp³-hybridized carbons (Fsp3) is 0.316. The second-order valence-corrected chi connectivity index (χ2v) is 5.65. The molecule has 2 rings (SSSR count). The first kappa shape index (κ1) is 18.4. The van der Waals surface area contributed by atoms with Gasteiger partial charge in [-0.1, -0.05) is 12.1 Å². The monoisotopic (exact) mass is 342 g/mol. The van der Waals surface area contributed by atoms with E-state index < -0.39 is 5.97 Å². The Labute approximate surface area is 147 Å². The van der Waals surface area contributed by atoms with E-state index in [1.54, 1.807) is 24.4 Å². The summed E-state index contributed by atoms with van der Waals surface area (Å²) in [6.07, 6.45) is 1.60. The van der Waals surface area contributed by atoms with E-state index in [4.69, 9.17) is 9.84 Å². The molecule has 0 fully saturated rings. The Morgan fingerprint density at radius 3 is 2.68 bits per heavy atom. The normalized spacial score (nSPS) is 10.3. The molecule has 0 spiro atoms. The van der Waals surface area contributed by atoms with E-state index in [1.165, 1.54) is 4.90 Å². The van der Waals surface area contributed by atoms with Crippen LogP contribution in [0.25, 0.3) is 0 Å². The molecule has 1 N–H and O–H groups in total. The molecule has 0 aliphatic carbocycles. The van der Waals surface area contributed by atoms with E-state index >= 15 is 0 Å². The van der Waals surface area contributed by atoms with E-state index in [0.717, 1.165) is 11.3 Å². The first-order valence-electron chi connectivity index (χ1n) is 8.15. The van der Waals surface area contributed by atoms with Crippen molar-refractivity contribution in [3.05, 3.63) is 59.4 Å². The molecule has 25 heavy (non-hydrogen) atoms. The number of hydrogen-bond acceptors (Lipinski definition) is 4. The minimum absolute atomic E-state index is 0.0667. The number of hydrogen-bond donors (Lipinski definition) is 1. The van der Waals surface area contributed by atoms with Gasteiger partial charge >= 0.3 is 5.97 Å². The van der Waals surface area contributed by atoms with Gasteiger partial charge in [-0.3, -0.25) is 14.6 Å². The highest BCUT2D eigenvalue weighted by atomic mass is 16.5. The molecule has 0 bridgehead atoms. The Morgan fingerprint density at radius 2 is 2.04 bits per heavy atom. The molecule has 1 amide bonds. The highest BCUT2D eigenvalue weighted by molar-refractivity contribution is 5.94. The van der Waals surface area contributed by atoms with Gasteiger partial charge < -0.3 is 14.7 Å². The summed E-state index contributed by atoms with van der Waals surface area (Å²) in [5.74, 6) is -0.429. The quantitative estimate of drug-likeness (QED) is 0.798. The maximum atomic E-state index is 12.5. The van der Waals surface area contributed by atoms with E-state index in [0.29, 0.717) is 24.5 Å². The van der Waals surface area contributed by atoms with Crippen molar-refractivity contribution in [1.82, 2.24) is 9.88 Å². The number of ether oxygens (including phenoxy) is 1. The van der Waals surface area contributed by atoms with Crippen LogP contribution in [-0.4, -0.2) is 40.0 Å². The number of carboxylic acids is 1. The molecular weight excluding hydrogens is 320 g/mol. The minimum Gasteiger partial charge on any atom is -0.487 e. The molecule has 0 atom stereocenters. The second kappa shape index (κ2) is 8.82. The minimum atomic E-state index is -0.917. The SMILES string of the molecule is CCN(CCC(=O)O)C(=O)c1cccc(COc2ccc(C)nc2)c1. The Kier molecular flexibility index (Phi) is 6.51. The lowest BCUT2D eigenvalue weighted by Crippen LogP contribution is -2.32. The topological polar surface area (TPSA) is 79.7 Å². The van der Waals surface area contributed by atoms with Crippen LogP contribution in [0.5, 0.6) is 5.75 Å². The first-order valence-corrected chi connectivity index (χ1v) is 8.15. The third-order valence-corrected chi connectivity index (χ3v) is 3.73. The molecule has 0 radical (unpaired) electrons. The lowest BCUT2D eigenvalue weighted by Gasteiger charge is -2.20. The number of aryl methyl sites for hydroxylation is 1. The zero-order chi connectivity index (χ0) is 18.2. The number of benzene rings is 1. The van der Waals surface area contributed by atoms with Gasteiger partial charge in [0.05, 0.1) is 12.6 Å². The molecule has 132 valence electrons. The molecule has 0 saturated carbocycles. The van der Waals surface area contributed by atoms with E-state index in [-0.39, 0.29) is 18.9 Å². The summed E-state index contributed by atoms with van der Waals surface area (Å²) in [6, 6.07) is 10.9. The number of rotatable bonds is 8. The molecule has 0 aliphatic heterocycles. The van der Waals surface area contributed by atoms with Gasteiger partial charge in [-0.2, -0.15) is 0 Å². The number of nitrogens with zero attached hydrogens (tertiary/aromatic N) is 2. The van der Waals surface area contributed by atoms with Crippen LogP contribution in [0.4, 0.5) is 0 Å².